The molecule has 12 heavy (non-hydrogen) atoms. The van der Waals surface area contributed by atoms with Gasteiger partial charge < -0.3 is 0 Å². The Bertz CT molecular complexity index is 341. The van der Waals surface area contributed by atoms with Crippen molar-refractivity contribution < 1.29 is 0 Å². The summed E-state index contributed by atoms with van der Waals surface area (Å²) < 4.78 is 1.73. The molecule has 0 N–H and O–H groups in total. The Hall–Kier alpha value is -1.56. The maximum Gasteiger partial charge on any atom is 0.103 e. The SMILES string of the molecule is C=C(C)Cn1cc(C#N)c(C)n1. The third-order valence-electron chi connectivity index (χ3n) is 1.50. The predicted octanol–water partition coefficient (Wildman–Crippen LogP) is 1.64. The summed E-state index contributed by atoms with van der Waals surface area (Å²) in [4.78, 5) is 0. The molecule has 3 heteroatoms. The highest BCUT2D eigenvalue weighted by atomic mass is 15.3. The van der Waals surface area contributed by atoms with Gasteiger partial charge in [0, 0.05) is 6.20 Å². The summed E-state index contributed by atoms with van der Waals surface area (Å²) in [6.07, 6.45) is 1.74. The molecule has 0 saturated heterocycles. The summed E-state index contributed by atoms with van der Waals surface area (Å²) in [5.74, 6) is 0. The minimum atomic E-state index is 0.635. The van der Waals surface area contributed by atoms with Gasteiger partial charge in [-0.3, -0.25) is 4.68 Å². The van der Waals surface area contributed by atoms with Crippen molar-refractivity contribution in [3.8, 4) is 6.07 Å². The fourth-order valence-electron chi connectivity index (χ4n) is 0.985. The quantitative estimate of drug-likeness (QED) is 0.619. The van der Waals surface area contributed by atoms with E-state index < -0.39 is 0 Å². The number of hydrogen-bond acceptors (Lipinski definition) is 2. The number of nitriles is 1. The Morgan fingerprint density at radius 1 is 1.83 bits per heavy atom. The summed E-state index contributed by atoms with van der Waals surface area (Å²) in [6, 6.07) is 2.08. The zero-order valence-corrected chi connectivity index (χ0v) is 7.33. The summed E-state index contributed by atoms with van der Waals surface area (Å²) in [5.41, 5.74) is 2.44. The molecule has 1 aromatic rings. The van der Waals surface area contributed by atoms with E-state index in [-0.39, 0.29) is 0 Å². The molecule has 0 aromatic carbocycles. The van der Waals surface area contributed by atoms with E-state index >= 15 is 0 Å². The predicted molar refractivity (Wildman–Crippen MR) is 46.5 cm³/mol. The lowest BCUT2D eigenvalue weighted by molar-refractivity contribution is 0.672. The van der Waals surface area contributed by atoms with Crippen LogP contribution in [0.15, 0.2) is 18.3 Å². The van der Waals surface area contributed by atoms with Gasteiger partial charge in [0.2, 0.25) is 0 Å². The van der Waals surface area contributed by atoms with Crippen LogP contribution in [0.5, 0.6) is 0 Å². The van der Waals surface area contributed by atoms with Crippen LogP contribution in [-0.2, 0) is 6.54 Å². The van der Waals surface area contributed by atoms with Crippen molar-refractivity contribution in [3.05, 3.63) is 29.6 Å². The average Bonchev–Trinajstić information content (AvgIpc) is 2.29. The Morgan fingerprint density at radius 2 is 2.50 bits per heavy atom. The average molecular weight is 161 g/mol. The first-order chi connectivity index (χ1) is 5.63. The van der Waals surface area contributed by atoms with Crippen molar-refractivity contribution in [2.45, 2.75) is 20.4 Å². The Morgan fingerprint density at radius 3 is 2.92 bits per heavy atom. The van der Waals surface area contributed by atoms with E-state index in [1.165, 1.54) is 0 Å². The summed E-state index contributed by atoms with van der Waals surface area (Å²) in [6.45, 7) is 8.21. The van der Waals surface area contributed by atoms with Gasteiger partial charge in [-0.25, -0.2) is 0 Å². The molecule has 62 valence electrons. The molecule has 0 atom stereocenters. The molecule has 0 bridgehead atoms. The van der Waals surface area contributed by atoms with Crippen LogP contribution >= 0.6 is 0 Å². The normalized spacial score (nSPS) is 9.42. The molecule has 1 aromatic heterocycles. The maximum absolute atomic E-state index is 8.64. The van der Waals surface area contributed by atoms with Gasteiger partial charge in [-0.05, 0) is 13.8 Å². The largest absolute Gasteiger partial charge is 0.267 e. The van der Waals surface area contributed by atoms with E-state index in [9.17, 15) is 0 Å². The molecule has 0 amide bonds. The van der Waals surface area contributed by atoms with Crippen molar-refractivity contribution in [3.63, 3.8) is 0 Å². The molecule has 0 aliphatic rings. The molecule has 3 nitrogen and oxygen atoms in total. The topological polar surface area (TPSA) is 41.6 Å². The zero-order valence-electron chi connectivity index (χ0n) is 7.33. The smallest absolute Gasteiger partial charge is 0.103 e. The molecule has 1 rings (SSSR count). The second kappa shape index (κ2) is 3.22. The Balaban J connectivity index is 2.91. The summed E-state index contributed by atoms with van der Waals surface area (Å²) in [5, 5.41) is 12.8. The van der Waals surface area contributed by atoms with Crippen LogP contribution in [0.3, 0.4) is 0 Å². The van der Waals surface area contributed by atoms with Crippen molar-refractivity contribution in [2.75, 3.05) is 0 Å². The van der Waals surface area contributed by atoms with Gasteiger partial charge in [-0.1, -0.05) is 12.2 Å². The van der Waals surface area contributed by atoms with E-state index in [0.717, 1.165) is 11.3 Å². The van der Waals surface area contributed by atoms with Crippen LogP contribution in [-0.4, -0.2) is 9.78 Å². The van der Waals surface area contributed by atoms with Crippen molar-refractivity contribution in [1.29, 1.82) is 5.26 Å². The third-order valence-corrected chi connectivity index (χ3v) is 1.50. The molecular weight excluding hydrogens is 150 g/mol. The van der Waals surface area contributed by atoms with Crippen LogP contribution in [0.25, 0.3) is 0 Å². The first-order valence-corrected chi connectivity index (χ1v) is 3.72. The standard InChI is InChI=1S/C9H11N3/c1-7(2)5-12-6-9(4-10)8(3)11-12/h6H,1,5H2,2-3H3. The summed E-state index contributed by atoms with van der Waals surface area (Å²) >= 11 is 0. The molecule has 1 heterocycles. The fraction of sp³-hybridized carbons (Fsp3) is 0.333. The van der Waals surface area contributed by atoms with E-state index in [1.807, 2.05) is 13.8 Å². The molecule has 0 fully saturated rings. The van der Waals surface area contributed by atoms with Gasteiger partial charge in [-0.15, -0.1) is 0 Å². The lowest BCUT2D eigenvalue weighted by Crippen LogP contribution is -1.98. The molecule has 0 aliphatic heterocycles. The van der Waals surface area contributed by atoms with E-state index in [1.54, 1.807) is 10.9 Å². The first kappa shape index (κ1) is 8.54. The second-order valence-corrected chi connectivity index (χ2v) is 2.89. The number of allylic oxidation sites excluding steroid dienone is 1. The molecular formula is C9H11N3. The molecule has 0 radical (unpaired) electrons. The number of nitrogens with zero attached hydrogens (tertiary/aromatic N) is 3. The minimum absolute atomic E-state index is 0.635. The highest BCUT2D eigenvalue weighted by Gasteiger charge is 2.02. The van der Waals surface area contributed by atoms with E-state index in [4.69, 9.17) is 5.26 Å². The first-order valence-electron chi connectivity index (χ1n) is 3.72. The van der Waals surface area contributed by atoms with Crippen LogP contribution < -0.4 is 0 Å². The van der Waals surface area contributed by atoms with E-state index in [2.05, 4.69) is 17.7 Å². The van der Waals surface area contributed by atoms with Gasteiger partial charge in [0.05, 0.1) is 17.8 Å². The number of aromatic nitrogens is 2. The lowest BCUT2D eigenvalue weighted by Gasteiger charge is -1.97. The molecule has 0 aliphatic carbocycles. The highest BCUT2D eigenvalue weighted by Crippen LogP contribution is 2.04. The van der Waals surface area contributed by atoms with Crippen molar-refractivity contribution in [1.82, 2.24) is 9.78 Å². The van der Waals surface area contributed by atoms with Gasteiger partial charge in [0.25, 0.3) is 0 Å². The van der Waals surface area contributed by atoms with Crippen molar-refractivity contribution in [2.24, 2.45) is 0 Å². The minimum Gasteiger partial charge on any atom is -0.267 e. The van der Waals surface area contributed by atoms with Crippen LogP contribution in [0.4, 0.5) is 0 Å². The third kappa shape index (κ3) is 1.73. The number of aryl methyl sites for hydroxylation is 1. The van der Waals surface area contributed by atoms with Crippen LogP contribution in [0.1, 0.15) is 18.2 Å². The van der Waals surface area contributed by atoms with Gasteiger partial charge in [0.1, 0.15) is 6.07 Å². The monoisotopic (exact) mass is 161 g/mol. The van der Waals surface area contributed by atoms with Crippen molar-refractivity contribution >= 4 is 0 Å². The number of rotatable bonds is 2. The molecule has 0 spiro atoms. The summed E-state index contributed by atoms with van der Waals surface area (Å²) in [7, 11) is 0. The van der Waals surface area contributed by atoms with Gasteiger partial charge in [-0.2, -0.15) is 10.4 Å². The molecule has 0 unspecified atom stereocenters. The zero-order chi connectivity index (χ0) is 9.14. The van der Waals surface area contributed by atoms with Gasteiger partial charge >= 0.3 is 0 Å². The maximum atomic E-state index is 8.64. The lowest BCUT2D eigenvalue weighted by atomic mass is 10.3. The van der Waals surface area contributed by atoms with Crippen LogP contribution in [0.2, 0.25) is 0 Å². The van der Waals surface area contributed by atoms with Gasteiger partial charge in [0.15, 0.2) is 0 Å². The number of hydrogen-bond donors (Lipinski definition) is 0. The Kier molecular flexibility index (Phi) is 2.29. The fourth-order valence-corrected chi connectivity index (χ4v) is 0.985. The van der Waals surface area contributed by atoms with Crippen LogP contribution in [0, 0.1) is 18.3 Å². The highest BCUT2D eigenvalue weighted by molar-refractivity contribution is 5.29. The second-order valence-electron chi connectivity index (χ2n) is 2.89. The molecule has 0 saturated carbocycles. The van der Waals surface area contributed by atoms with E-state index in [0.29, 0.717) is 12.1 Å². The Labute approximate surface area is 71.9 Å².